The number of nitrogens with zero attached hydrogens (tertiary/aromatic N) is 2. The van der Waals surface area contributed by atoms with Crippen LogP contribution in [0.3, 0.4) is 0 Å². The molecular weight excluding hydrogens is 294 g/mol. The van der Waals surface area contributed by atoms with Gasteiger partial charge in [-0.25, -0.2) is 8.42 Å². The minimum absolute atomic E-state index is 0.218. The van der Waals surface area contributed by atoms with Gasteiger partial charge in [-0.2, -0.15) is 0 Å². The molecule has 0 aliphatic heterocycles. The second kappa shape index (κ2) is 6.13. The molecule has 0 atom stereocenters. The van der Waals surface area contributed by atoms with Crippen LogP contribution >= 0.6 is 0 Å². The molecule has 0 aliphatic carbocycles. The number of amides is 2. The molecule has 2 amide bonds. The Bertz CT molecular complexity index is 668. The van der Waals surface area contributed by atoms with Crippen molar-refractivity contribution in [1.82, 2.24) is 10.2 Å². The van der Waals surface area contributed by atoms with Crippen molar-refractivity contribution in [1.29, 1.82) is 0 Å². The van der Waals surface area contributed by atoms with Gasteiger partial charge in [-0.05, 0) is 18.2 Å². The summed E-state index contributed by atoms with van der Waals surface area (Å²) in [4.78, 5) is 25.2. The van der Waals surface area contributed by atoms with Crippen molar-refractivity contribution in [3.8, 4) is 0 Å². The van der Waals surface area contributed by atoms with Crippen molar-refractivity contribution >= 4 is 27.5 Å². The highest BCUT2D eigenvalue weighted by Crippen LogP contribution is 2.21. The monoisotopic (exact) mass is 313 g/mol. The van der Waals surface area contributed by atoms with E-state index in [1.807, 2.05) is 0 Å². The molecule has 0 saturated heterocycles. The number of nitrogens with one attached hydrogen (secondary N) is 1. The van der Waals surface area contributed by atoms with Gasteiger partial charge in [0.05, 0.1) is 11.9 Å². The second-order valence-corrected chi connectivity index (χ2v) is 6.79. The molecule has 0 spiro atoms. The molecule has 0 aromatic heterocycles. The van der Waals surface area contributed by atoms with Gasteiger partial charge in [0.15, 0.2) is 0 Å². The Morgan fingerprint density at radius 1 is 1.05 bits per heavy atom. The molecule has 7 nitrogen and oxygen atoms in total. The van der Waals surface area contributed by atoms with Crippen molar-refractivity contribution in [2.45, 2.75) is 0 Å². The Kier molecular flexibility index (Phi) is 4.95. The van der Waals surface area contributed by atoms with Crippen molar-refractivity contribution in [2.75, 3.05) is 38.8 Å². The fourth-order valence-electron chi connectivity index (χ4n) is 1.64. The van der Waals surface area contributed by atoms with Crippen LogP contribution in [0.2, 0.25) is 0 Å². The SMILES string of the molecule is CNC(=O)c1cc(C(=O)N(C)C)cc(N(C)S(C)(=O)=O)c1. The number of carbonyl (C=O) groups is 2. The molecule has 0 radical (unpaired) electrons. The molecule has 1 aromatic carbocycles. The van der Waals surface area contributed by atoms with E-state index >= 15 is 0 Å². The molecule has 116 valence electrons. The summed E-state index contributed by atoms with van der Waals surface area (Å²) >= 11 is 0. The Morgan fingerprint density at radius 3 is 2.00 bits per heavy atom. The Hall–Kier alpha value is -2.09. The topological polar surface area (TPSA) is 86.8 Å². The van der Waals surface area contributed by atoms with E-state index in [9.17, 15) is 18.0 Å². The summed E-state index contributed by atoms with van der Waals surface area (Å²) in [7, 11) is 2.49. The van der Waals surface area contributed by atoms with Crippen molar-refractivity contribution in [3.05, 3.63) is 29.3 Å². The number of rotatable bonds is 4. The molecule has 0 unspecified atom stereocenters. The van der Waals surface area contributed by atoms with Crippen LogP contribution in [0.25, 0.3) is 0 Å². The van der Waals surface area contributed by atoms with Gasteiger partial charge in [-0.15, -0.1) is 0 Å². The Balaban J connectivity index is 3.48. The first-order valence-corrected chi connectivity index (χ1v) is 7.95. The summed E-state index contributed by atoms with van der Waals surface area (Å²) in [5.41, 5.74) is 0.714. The van der Waals surface area contributed by atoms with Crippen LogP contribution < -0.4 is 9.62 Å². The molecule has 1 N–H and O–H groups in total. The minimum atomic E-state index is -3.49. The molecule has 0 heterocycles. The van der Waals surface area contributed by atoms with E-state index in [4.69, 9.17) is 0 Å². The molecule has 21 heavy (non-hydrogen) atoms. The molecule has 0 bridgehead atoms. The van der Waals surface area contributed by atoms with E-state index < -0.39 is 15.9 Å². The maximum atomic E-state index is 12.1. The van der Waals surface area contributed by atoms with Gasteiger partial charge in [0.2, 0.25) is 10.0 Å². The Morgan fingerprint density at radius 2 is 1.57 bits per heavy atom. The van der Waals surface area contributed by atoms with E-state index in [-0.39, 0.29) is 22.7 Å². The van der Waals surface area contributed by atoms with Crippen molar-refractivity contribution < 1.29 is 18.0 Å². The minimum Gasteiger partial charge on any atom is -0.355 e. The fraction of sp³-hybridized carbons (Fsp3) is 0.385. The largest absolute Gasteiger partial charge is 0.355 e. The summed E-state index contributed by atoms with van der Waals surface area (Å²) in [6.07, 6.45) is 1.05. The maximum absolute atomic E-state index is 12.1. The van der Waals surface area contributed by atoms with Crippen molar-refractivity contribution in [3.63, 3.8) is 0 Å². The summed E-state index contributed by atoms with van der Waals surface area (Å²) in [5.74, 6) is -0.713. The average molecular weight is 313 g/mol. The van der Waals surface area contributed by atoms with Gasteiger partial charge in [-0.1, -0.05) is 0 Å². The van der Waals surface area contributed by atoms with E-state index in [1.54, 1.807) is 14.1 Å². The highest BCUT2D eigenvalue weighted by molar-refractivity contribution is 7.92. The van der Waals surface area contributed by atoms with Crippen LogP contribution in [0.15, 0.2) is 18.2 Å². The van der Waals surface area contributed by atoms with Crippen LogP contribution in [-0.2, 0) is 10.0 Å². The first-order valence-electron chi connectivity index (χ1n) is 6.10. The number of carbonyl (C=O) groups excluding carboxylic acids is 2. The first-order chi connectivity index (χ1) is 9.57. The van der Waals surface area contributed by atoms with E-state index in [0.717, 1.165) is 10.6 Å². The van der Waals surface area contributed by atoms with E-state index in [2.05, 4.69) is 5.32 Å². The highest BCUT2D eigenvalue weighted by atomic mass is 32.2. The van der Waals surface area contributed by atoms with Gasteiger partial charge in [0.1, 0.15) is 0 Å². The van der Waals surface area contributed by atoms with Gasteiger partial charge in [-0.3, -0.25) is 13.9 Å². The molecule has 1 aromatic rings. The van der Waals surface area contributed by atoms with E-state index in [0.29, 0.717) is 0 Å². The first kappa shape index (κ1) is 17.0. The second-order valence-electron chi connectivity index (χ2n) is 4.78. The standard InChI is InChI=1S/C13H19N3O4S/c1-14-12(17)9-6-10(13(18)15(2)3)8-11(7-9)16(4)21(5,19)20/h6-8H,1-5H3,(H,14,17). The summed E-state index contributed by atoms with van der Waals surface area (Å²) in [6.45, 7) is 0. The lowest BCUT2D eigenvalue weighted by atomic mass is 10.1. The molecule has 8 heteroatoms. The lowest BCUT2D eigenvalue weighted by Gasteiger charge is -2.19. The van der Waals surface area contributed by atoms with Crippen LogP contribution in [0.5, 0.6) is 0 Å². The fourth-order valence-corrected chi connectivity index (χ4v) is 2.13. The quantitative estimate of drug-likeness (QED) is 0.857. The third-order valence-corrected chi connectivity index (χ3v) is 4.13. The van der Waals surface area contributed by atoms with Gasteiger partial charge < -0.3 is 10.2 Å². The van der Waals surface area contributed by atoms with Crippen LogP contribution in [0, 0.1) is 0 Å². The molecule has 0 fully saturated rings. The van der Waals surface area contributed by atoms with Crippen LogP contribution in [0.1, 0.15) is 20.7 Å². The zero-order valence-electron chi connectivity index (χ0n) is 12.7. The number of hydrogen-bond donors (Lipinski definition) is 1. The Labute approximate surface area is 124 Å². The van der Waals surface area contributed by atoms with Crippen LogP contribution in [-0.4, -0.2) is 59.6 Å². The highest BCUT2D eigenvalue weighted by Gasteiger charge is 2.18. The molecule has 1 rings (SSSR count). The van der Waals surface area contributed by atoms with Crippen LogP contribution in [0.4, 0.5) is 5.69 Å². The maximum Gasteiger partial charge on any atom is 0.253 e. The normalized spacial score (nSPS) is 10.9. The number of anilines is 1. The number of hydrogen-bond acceptors (Lipinski definition) is 4. The third-order valence-electron chi connectivity index (χ3n) is 2.92. The molecule has 0 aliphatic rings. The summed E-state index contributed by atoms with van der Waals surface area (Å²) < 4.78 is 24.3. The van der Waals surface area contributed by atoms with E-state index in [1.165, 1.54) is 37.2 Å². The predicted molar refractivity (Wildman–Crippen MR) is 81.1 cm³/mol. The predicted octanol–water partition coefficient (Wildman–Crippen LogP) is 0.144. The van der Waals surface area contributed by atoms with Gasteiger partial charge in [0, 0.05) is 39.3 Å². The molecule has 0 saturated carbocycles. The van der Waals surface area contributed by atoms with Gasteiger partial charge >= 0.3 is 0 Å². The third kappa shape index (κ3) is 3.94. The lowest BCUT2D eigenvalue weighted by molar-refractivity contribution is 0.0827. The average Bonchev–Trinajstić information content (AvgIpc) is 2.42. The zero-order chi connectivity index (χ0) is 16.4. The van der Waals surface area contributed by atoms with Crippen molar-refractivity contribution in [2.24, 2.45) is 0 Å². The molecular formula is C13H19N3O4S. The number of benzene rings is 1. The smallest absolute Gasteiger partial charge is 0.253 e. The number of sulfonamides is 1. The lowest BCUT2D eigenvalue weighted by Crippen LogP contribution is -2.27. The van der Waals surface area contributed by atoms with Gasteiger partial charge in [0.25, 0.3) is 11.8 Å². The summed E-state index contributed by atoms with van der Waals surface area (Å²) in [5, 5.41) is 2.45. The summed E-state index contributed by atoms with van der Waals surface area (Å²) in [6, 6.07) is 4.29. The zero-order valence-corrected chi connectivity index (χ0v) is 13.5.